The van der Waals surface area contributed by atoms with Crippen molar-refractivity contribution in [1.82, 2.24) is 4.98 Å². The standard InChI is InChI=1S/C24H28N2O4/c1-14-19(15(2)26-23(29)20(14)13-25)11-12-21(27)30-16(3)22(28)17-7-9-18(10-8-17)24(4,5)6/h7-10,16H,11-12H2,1-6H3,(H,26,29)/t16-/m0/s1. The van der Waals surface area contributed by atoms with Crippen LogP contribution in [-0.4, -0.2) is 22.8 Å². The topological polar surface area (TPSA) is 100 Å². The number of aromatic nitrogens is 1. The van der Waals surface area contributed by atoms with Crippen LogP contribution < -0.4 is 5.56 Å². The van der Waals surface area contributed by atoms with Crippen LogP contribution in [0.4, 0.5) is 0 Å². The molecule has 0 spiro atoms. The molecule has 0 amide bonds. The minimum absolute atomic E-state index is 0.0109. The molecular formula is C24H28N2O4. The van der Waals surface area contributed by atoms with Crippen LogP contribution in [0.5, 0.6) is 0 Å². The summed E-state index contributed by atoms with van der Waals surface area (Å²) in [5.74, 6) is -0.766. The number of nitrogens with one attached hydrogen (secondary N) is 1. The fourth-order valence-electron chi connectivity index (χ4n) is 3.33. The zero-order chi connectivity index (χ0) is 22.6. The van der Waals surface area contributed by atoms with E-state index in [4.69, 9.17) is 10.00 Å². The number of hydrogen-bond acceptors (Lipinski definition) is 5. The molecule has 0 aliphatic heterocycles. The van der Waals surface area contributed by atoms with Crippen molar-refractivity contribution in [2.24, 2.45) is 0 Å². The molecule has 6 nitrogen and oxygen atoms in total. The molecule has 0 unspecified atom stereocenters. The van der Waals surface area contributed by atoms with Crippen LogP contribution in [0.2, 0.25) is 0 Å². The molecule has 2 rings (SSSR count). The number of benzene rings is 1. The Kier molecular flexibility index (Phi) is 6.99. The summed E-state index contributed by atoms with van der Waals surface area (Å²) in [6.45, 7) is 11.3. The van der Waals surface area contributed by atoms with Crippen LogP contribution in [0.25, 0.3) is 0 Å². The Hall–Kier alpha value is -3.20. The van der Waals surface area contributed by atoms with E-state index in [1.54, 1.807) is 32.9 Å². The molecule has 1 N–H and O–H groups in total. The summed E-state index contributed by atoms with van der Waals surface area (Å²) >= 11 is 0. The molecule has 2 aromatic rings. The molecular weight excluding hydrogens is 380 g/mol. The Bertz CT molecular complexity index is 1050. The second-order valence-corrected chi connectivity index (χ2v) is 8.49. The summed E-state index contributed by atoms with van der Waals surface area (Å²) in [4.78, 5) is 39.3. The molecule has 0 saturated heterocycles. The van der Waals surface area contributed by atoms with Crippen LogP contribution in [0.15, 0.2) is 29.1 Å². The first kappa shape index (κ1) is 23.1. The van der Waals surface area contributed by atoms with Gasteiger partial charge in [-0.05, 0) is 49.3 Å². The van der Waals surface area contributed by atoms with Crippen molar-refractivity contribution >= 4 is 11.8 Å². The number of esters is 1. The highest BCUT2D eigenvalue weighted by Gasteiger charge is 2.21. The highest BCUT2D eigenvalue weighted by Crippen LogP contribution is 2.23. The Morgan fingerprint density at radius 2 is 1.77 bits per heavy atom. The van der Waals surface area contributed by atoms with Crippen LogP contribution in [0.1, 0.15) is 72.4 Å². The van der Waals surface area contributed by atoms with E-state index < -0.39 is 17.6 Å². The first-order chi connectivity index (χ1) is 14.0. The smallest absolute Gasteiger partial charge is 0.306 e. The molecule has 1 aromatic heterocycles. The third kappa shape index (κ3) is 5.24. The van der Waals surface area contributed by atoms with Crippen molar-refractivity contribution in [1.29, 1.82) is 5.26 Å². The first-order valence-corrected chi connectivity index (χ1v) is 9.92. The minimum Gasteiger partial charge on any atom is -0.454 e. The molecule has 0 radical (unpaired) electrons. The Balaban J connectivity index is 2.02. The maximum Gasteiger partial charge on any atom is 0.306 e. The van der Waals surface area contributed by atoms with Crippen molar-refractivity contribution in [3.8, 4) is 6.07 Å². The number of pyridine rings is 1. The molecule has 1 heterocycles. The summed E-state index contributed by atoms with van der Waals surface area (Å²) in [7, 11) is 0. The van der Waals surface area contributed by atoms with Crippen molar-refractivity contribution in [2.75, 3.05) is 0 Å². The lowest BCUT2D eigenvalue weighted by Crippen LogP contribution is -2.25. The van der Waals surface area contributed by atoms with Gasteiger partial charge in [-0.3, -0.25) is 14.4 Å². The molecule has 6 heteroatoms. The lowest BCUT2D eigenvalue weighted by Gasteiger charge is -2.19. The summed E-state index contributed by atoms with van der Waals surface area (Å²) in [5.41, 5.74) is 3.13. The van der Waals surface area contributed by atoms with Gasteiger partial charge < -0.3 is 9.72 Å². The molecule has 1 atom stereocenters. The van der Waals surface area contributed by atoms with Gasteiger partial charge in [0.05, 0.1) is 0 Å². The number of carbonyl (C=O) groups excluding carboxylic acids is 2. The average molecular weight is 408 g/mol. The van der Waals surface area contributed by atoms with Gasteiger partial charge in [0.2, 0.25) is 5.78 Å². The number of nitrogens with zero attached hydrogens (tertiary/aromatic N) is 1. The predicted molar refractivity (Wildman–Crippen MR) is 115 cm³/mol. The number of nitriles is 1. The number of H-pyrrole nitrogens is 1. The number of ketones is 1. The van der Waals surface area contributed by atoms with Gasteiger partial charge in [-0.15, -0.1) is 0 Å². The van der Waals surface area contributed by atoms with Crippen LogP contribution in [-0.2, 0) is 21.4 Å². The fraction of sp³-hybridized carbons (Fsp3) is 0.417. The van der Waals surface area contributed by atoms with Gasteiger partial charge in [-0.2, -0.15) is 5.26 Å². The maximum atomic E-state index is 12.6. The average Bonchev–Trinajstić information content (AvgIpc) is 2.66. The summed E-state index contributed by atoms with van der Waals surface area (Å²) in [6, 6.07) is 9.23. The van der Waals surface area contributed by atoms with Gasteiger partial charge in [0, 0.05) is 17.7 Å². The Labute approximate surface area is 176 Å². The number of carbonyl (C=O) groups is 2. The van der Waals surface area contributed by atoms with E-state index in [0.717, 1.165) is 11.1 Å². The zero-order valence-corrected chi connectivity index (χ0v) is 18.4. The van der Waals surface area contributed by atoms with E-state index in [2.05, 4.69) is 25.8 Å². The Morgan fingerprint density at radius 3 is 2.30 bits per heavy atom. The fourth-order valence-corrected chi connectivity index (χ4v) is 3.33. The number of rotatable bonds is 6. The van der Waals surface area contributed by atoms with Crippen molar-refractivity contribution in [3.63, 3.8) is 0 Å². The lowest BCUT2D eigenvalue weighted by molar-refractivity contribution is -0.146. The van der Waals surface area contributed by atoms with Crippen molar-refractivity contribution in [2.45, 2.75) is 65.9 Å². The molecule has 0 bridgehead atoms. The normalized spacial score (nSPS) is 12.2. The quantitative estimate of drug-likeness (QED) is 0.577. The molecule has 0 aliphatic rings. The number of aryl methyl sites for hydroxylation is 1. The maximum absolute atomic E-state index is 12.6. The second kappa shape index (κ2) is 9.08. The summed E-state index contributed by atoms with van der Waals surface area (Å²) in [5, 5.41) is 9.14. The lowest BCUT2D eigenvalue weighted by atomic mass is 9.86. The van der Waals surface area contributed by atoms with Gasteiger partial charge in [0.1, 0.15) is 11.6 Å². The van der Waals surface area contributed by atoms with Crippen LogP contribution >= 0.6 is 0 Å². The predicted octanol–water partition coefficient (Wildman–Crippen LogP) is 3.91. The van der Waals surface area contributed by atoms with Gasteiger partial charge in [-0.25, -0.2) is 0 Å². The zero-order valence-electron chi connectivity index (χ0n) is 18.4. The van der Waals surface area contributed by atoms with E-state index in [0.29, 0.717) is 23.2 Å². The SMILES string of the molecule is Cc1[nH]c(=O)c(C#N)c(C)c1CCC(=O)O[C@@H](C)C(=O)c1ccc(C(C)(C)C)cc1. The second-order valence-electron chi connectivity index (χ2n) is 8.49. The molecule has 158 valence electrons. The van der Waals surface area contributed by atoms with Gasteiger partial charge in [0.25, 0.3) is 5.56 Å². The van der Waals surface area contributed by atoms with Crippen LogP contribution in [0.3, 0.4) is 0 Å². The summed E-state index contributed by atoms with van der Waals surface area (Å²) in [6.07, 6.45) is -0.548. The molecule has 1 aromatic carbocycles. The highest BCUT2D eigenvalue weighted by molar-refractivity contribution is 6.00. The summed E-state index contributed by atoms with van der Waals surface area (Å²) < 4.78 is 5.32. The first-order valence-electron chi connectivity index (χ1n) is 9.92. The van der Waals surface area contributed by atoms with E-state index >= 15 is 0 Å². The van der Waals surface area contributed by atoms with Gasteiger partial charge in [0.15, 0.2) is 6.10 Å². The number of aromatic amines is 1. The van der Waals surface area contributed by atoms with Gasteiger partial charge in [-0.1, -0.05) is 45.0 Å². The van der Waals surface area contributed by atoms with E-state index in [1.165, 1.54) is 0 Å². The number of ether oxygens (including phenoxy) is 1. The van der Waals surface area contributed by atoms with Gasteiger partial charge >= 0.3 is 5.97 Å². The Morgan fingerprint density at radius 1 is 1.17 bits per heavy atom. The molecule has 0 saturated carbocycles. The van der Waals surface area contributed by atoms with Crippen molar-refractivity contribution in [3.05, 3.63) is 68.1 Å². The molecule has 0 fully saturated rings. The highest BCUT2D eigenvalue weighted by atomic mass is 16.5. The third-order valence-corrected chi connectivity index (χ3v) is 5.21. The largest absolute Gasteiger partial charge is 0.454 e. The monoisotopic (exact) mass is 408 g/mol. The van der Waals surface area contributed by atoms with Crippen LogP contribution in [0, 0.1) is 25.2 Å². The third-order valence-electron chi connectivity index (χ3n) is 5.21. The van der Waals surface area contributed by atoms with E-state index in [1.807, 2.05) is 18.2 Å². The minimum atomic E-state index is -0.898. The van der Waals surface area contributed by atoms with E-state index in [9.17, 15) is 14.4 Å². The van der Waals surface area contributed by atoms with E-state index in [-0.39, 0.29) is 23.2 Å². The van der Waals surface area contributed by atoms with Crippen molar-refractivity contribution < 1.29 is 14.3 Å². The molecule has 0 aliphatic carbocycles. The molecule has 30 heavy (non-hydrogen) atoms. The number of Topliss-reactive ketones (excluding diaryl/α,β-unsaturated/α-hetero) is 1. The number of hydrogen-bond donors (Lipinski definition) is 1.